The van der Waals surface area contributed by atoms with E-state index >= 15 is 0 Å². The second kappa shape index (κ2) is 12.3. The molecule has 44 heavy (non-hydrogen) atoms. The quantitative estimate of drug-likeness (QED) is 0.215. The van der Waals surface area contributed by atoms with Gasteiger partial charge in [0.25, 0.3) is 0 Å². The van der Waals surface area contributed by atoms with Crippen molar-refractivity contribution < 1.29 is 34.0 Å². The van der Waals surface area contributed by atoms with Crippen LogP contribution in [0.4, 0.5) is 0 Å². The number of phenolic OH excluding ortho intramolecular Hbond substituents is 2. The van der Waals surface area contributed by atoms with Crippen LogP contribution in [-0.2, 0) is 19.3 Å². The highest BCUT2D eigenvalue weighted by Gasteiger charge is 2.25. The number of fused-ring (bicyclic) bond motifs is 2. The topological polar surface area (TPSA) is 119 Å². The van der Waals surface area contributed by atoms with Gasteiger partial charge in [0, 0.05) is 23.7 Å². The van der Waals surface area contributed by atoms with E-state index in [0.29, 0.717) is 65.0 Å². The van der Waals surface area contributed by atoms with Gasteiger partial charge in [0.05, 0.1) is 21.3 Å². The van der Waals surface area contributed by atoms with E-state index in [1.165, 1.54) is 7.11 Å². The molecule has 0 spiro atoms. The number of nitrogens with one attached hydrogen (secondary N) is 1. The summed E-state index contributed by atoms with van der Waals surface area (Å²) in [6.45, 7) is 1.31. The van der Waals surface area contributed by atoms with Gasteiger partial charge in [-0.05, 0) is 109 Å². The van der Waals surface area contributed by atoms with E-state index in [4.69, 9.17) is 18.9 Å². The molecule has 3 N–H and O–H groups in total. The van der Waals surface area contributed by atoms with Gasteiger partial charge in [-0.15, -0.1) is 0 Å². The lowest BCUT2D eigenvalue weighted by molar-refractivity contribution is 0.106. The number of methoxy groups -OCH3 is 3. The van der Waals surface area contributed by atoms with Crippen molar-refractivity contribution in [3.05, 3.63) is 100 Å². The molecule has 2 aliphatic rings. The van der Waals surface area contributed by atoms with Crippen LogP contribution in [0.5, 0.6) is 40.2 Å². The lowest BCUT2D eigenvalue weighted by atomic mass is 9.90. The fourth-order valence-corrected chi connectivity index (χ4v) is 5.87. The molecule has 0 aliphatic carbocycles. The highest BCUT2D eigenvalue weighted by molar-refractivity contribution is 6.52. The van der Waals surface area contributed by atoms with Crippen LogP contribution >= 0.6 is 0 Å². The Morgan fingerprint density at radius 2 is 1.52 bits per heavy atom. The van der Waals surface area contributed by atoms with Crippen LogP contribution in [-0.4, -0.2) is 56.1 Å². The molecular weight excluding hydrogens is 560 g/mol. The molecule has 1 atom stereocenters. The number of Topliss-reactive ketones (excluding diaryl/α,β-unsaturated/α-hetero) is 1. The molecule has 0 saturated heterocycles. The van der Waals surface area contributed by atoms with E-state index in [-0.39, 0.29) is 23.3 Å². The number of aromatic hydroxyl groups is 2. The van der Waals surface area contributed by atoms with Gasteiger partial charge >= 0.3 is 0 Å². The van der Waals surface area contributed by atoms with Crippen LogP contribution in [0.3, 0.4) is 0 Å². The third kappa shape index (κ3) is 5.66. The molecule has 2 aliphatic heterocycles. The molecule has 9 nitrogen and oxygen atoms in total. The first-order valence-electron chi connectivity index (χ1n) is 14.5. The number of ether oxygens (including phenoxy) is 4. The van der Waals surface area contributed by atoms with E-state index in [0.717, 1.165) is 35.2 Å². The number of nitrogens with zero attached hydrogens (tertiary/aromatic N) is 1. The Labute approximate surface area is 255 Å². The summed E-state index contributed by atoms with van der Waals surface area (Å²) in [5.41, 5.74) is 5.54. The van der Waals surface area contributed by atoms with Crippen LogP contribution < -0.4 is 24.3 Å². The van der Waals surface area contributed by atoms with Crippen molar-refractivity contribution in [1.29, 1.82) is 0 Å². The molecule has 4 aromatic carbocycles. The standard InChI is InChI=1S/C35H34N2O7/c1-41-30-9-4-20(14-27-25-18-28(38)31(42-2)16-22(25)10-12-36-27)15-33(30)44-24-7-5-21(6-8-24)35(40)34-26-19-29(39)32(43-3)17-23(26)11-13-37-34/h4-9,15-19,27,36,38-39H,10-14H2,1-3H3. The second-order valence-corrected chi connectivity index (χ2v) is 10.8. The Bertz CT molecular complexity index is 1750. The maximum absolute atomic E-state index is 13.4. The number of hydrogen-bond acceptors (Lipinski definition) is 9. The van der Waals surface area contributed by atoms with Crippen LogP contribution in [0, 0.1) is 0 Å². The van der Waals surface area contributed by atoms with Crippen molar-refractivity contribution in [1.82, 2.24) is 5.32 Å². The van der Waals surface area contributed by atoms with Crippen molar-refractivity contribution in [2.75, 3.05) is 34.4 Å². The molecule has 0 saturated carbocycles. The molecule has 0 fully saturated rings. The summed E-state index contributed by atoms with van der Waals surface area (Å²) in [7, 11) is 4.64. The van der Waals surface area contributed by atoms with Crippen LogP contribution in [0.25, 0.3) is 0 Å². The Balaban J connectivity index is 1.20. The summed E-state index contributed by atoms with van der Waals surface area (Å²) in [6, 6.07) is 19.7. The minimum absolute atomic E-state index is 0.0120. The number of rotatable bonds is 9. The number of ketones is 1. The fraction of sp³-hybridized carbons (Fsp3) is 0.257. The molecule has 0 bridgehead atoms. The zero-order valence-corrected chi connectivity index (χ0v) is 24.8. The van der Waals surface area contributed by atoms with E-state index in [2.05, 4.69) is 10.3 Å². The first kappa shape index (κ1) is 29.1. The van der Waals surface area contributed by atoms with E-state index in [1.54, 1.807) is 56.7 Å². The summed E-state index contributed by atoms with van der Waals surface area (Å²) in [5, 5.41) is 24.3. The summed E-state index contributed by atoms with van der Waals surface area (Å²) < 4.78 is 22.3. The summed E-state index contributed by atoms with van der Waals surface area (Å²) in [6.07, 6.45) is 2.20. The Morgan fingerprint density at radius 1 is 0.818 bits per heavy atom. The predicted molar refractivity (Wildman–Crippen MR) is 166 cm³/mol. The van der Waals surface area contributed by atoms with E-state index < -0.39 is 0 Å². The van der Waals surface area contributed by atoms with E-state index in [1.807, 2.05) is 24.3 Å². The third-order valence-corrected chi connectivity index (χ3v) is 8.14. The zero-order valence-electron chi connectivity index (χ0n) is 24.8. The van der Waals surface area contributed by atoms with Crippen molar-refractivity contribution >= 4 is 11.5 Å². The van der Waals surface area contributed by atoms with Crippen molar-refractivity contribution in [3.63, 3.8) is 0 Å². The highest BCUT2D eigenvalue weighted by atomic mass is 16.5. The number of aliphatic imine (C=N–C) groups is 1. The molecule has 6 rings (SSSR count). The molecule has 226 valence electrons. The maximum atomic E-state index is 13.4. The SMILES string of the molecule is COc1cc2c(cc1O)C(C(=O)c1ccc(Oc3cc(CC4NCCc5cc(OC)c(O)cc54)ccc3OC)cc1)=NCC2. The molecule has 0 aromatic heterocycles. The van der Waals surface area contributed by atoms with Crippen molar-refractivity contribution in [2.45, 2.75) is 25.3 Å². The number of benzene rings is 4. The van der Waals surface area contributed by atoms with Crippen molar-refractivity contribution in [2.24, 2.45) is 4.99 Å². The minimum atomic E-state index is -0.231. The van der Waals surface area contributed by atoms with Gasteiger partial charge in [-0.1, -0.05) is 6.07 Å². The largest absolute Gasteiger partial charge is 0.504 e. The van der Waals surface area contributed by atoms with Gasteiger partial charge in [0.1, 0.15) is 11.5 Å². The maximum Gasteiger partial charge on any atom is 0.211 e. The van der Waals surface area contributed by atoms with Gasteiger partial charge in [-0.3, -0.25) is 9.79 Å². The molecule has 0 radical (unpaired) electrons. The number of carbonyl (C=O) groups is 1. The van der Waals surface area contributed by atoms with Crippen LogP contribution in [0.1, 0.15) is 44.2 Å². The zero-order chi connectivity index (χ0) is 30.8. The van der Waals surface area contributed by atoms with Gasteiger partial charge in [-0.25, -0.2) is 0 Å². The van der Waals surface area contributed by atoms with Crippen molar-refractivity contribution in [3.8, 4) is 40.2 Å². The number of carbonyl (C=O) groups excluding carboxylic acids is 1. The van der Waals surface area contributed by atoms with E-state index in [9.17, 15) is 15.0 Å². The first-order chi connectivity index (χ1) is 21.4. The average molecular weight is 595 g/mol. The third-order valence-electron chi connectivity index (χ3n) is 8.14. The van der Waals surface area contributed by atoms with Gasteiger partial charge in [0.15, 0.2) is 34.5 Å². The number of hydrogen-bond donors (Lipinski definition) is 3. The predicted octanol–water partition coefficient (Wildman–Crippen LogP) is 5.57. The summed E-state index contributed by atoms with van der Waals surface area (Å²) in [5.74, 6) is 2.39. The lowest BCUT2D eigenvalue weighted by Gasteiger charge is -2.28. The smallest absolute Gasteiger partial charge is 0.211 e. The monoisotopic (exact) mass is 594 g/mol. The molecule has 1 unspecified atom stereocenters. The van der Waals surface area contributed by atoms with Crippen LogP contribution in [0.2, 0.25) is 0 Å². The molecule has 4 aromatic rings. The highest BCUT2D eigenvalue weighted by Crippen LogP contribution is 2.38. The molecular formula is C35H34N2O7. The average Bonchev–Trinajstić information content (AvgIpc) is 3.04. The van der Waals surface area contributed by atoms with Crippen LogP contribution in [0.15, 0.2) is 71.7 Å². The second-order valence-electron chi connectivity index (χ2n) is 10.8. The first-order valence-corrected chi connectivity index (χ1v) is 14.5. The lowest BCUT2D eigenvalue weighted by Crippen LogP contribution is -2.31. The Hall–Kier alpha value is -5.02. The number of phenols is 2. The fourth-order valence-electron chi connectivity index (χ4n) is 5.87. The van der Waals surface area contributed by atoms with Gasteiger partial charge < -0.3 is 34.5 Å². The molecule has 0 amide bonds. The molecule has 9 heteroatoms. The Morgan fingerprint density at radius 3 is 2.25 bits per heavy atom. The Kier molecular flexibility index (Phi) is 8.13. The summed E-state index contributed by atoms with van der Waals surface area (Å²) >= 11 is 0. The minimum Gasteiger partial charge on any atom is -0.504 e. The molecule has 2 heterocycles. The normalized spacial score (nSPS) is 15.4. The van der Waals surface area contributed by atoms with Gasteiger partial charge in [-0.2, -0.15) is 0 Å². The summed E-state index contributed by atoms with van der Waals surface area (Å²) in [4.78, 5) is 17.9. The van der Waals surface area contributed by atoms with Gasteiger partial charge in [0.2, 0.25) is 5.78 Å².